The Balaban J connectivity index is 4.68. The molecule has 0 aliphatic carbocycles. The third-order valence-electron chi connectivity index (χ3n) is 5.40. The van der Waals surface area contributed by atoms with Gasteiger partial charge < -0.3 is 28.4 Å². The third-order valence-corrected chi connectivity index (χ3v) is 5.40. The lowest BCUT2D eigenvalue weighted by Crippen LogP contribution is -2.39. The Bertz CT molecular complexity index is 531. The number of unbranched alkanes of at least 4 members (excludes halogenated alkanes) is 4. The second-order valence-electron chi connectivity index (χ2n) is 9.33. The van der Waals surface area contributed by atoms with Gasteiger partial charge in [0.15, 0.2) is 0 Å². The van der Waals surface area contributed by atoms with Gasteiger partial charge in [0, 0.05) is 26.7 Å². The van der Waals surface area contributed by atoms with Crippen molar-refractivity contribution in [3.63, 3.8) is 0 Å². The van der Waals surface area contributed by atoms with Crippen LogP contribution in [0.5, 0.6) is 0 Å². The molecule has 0 heterocycles. The molecule has 1 unspecified atom stereocenters. The van der Waals surface area contributed by atoms with Crippen LogP contribution < -0.4 is 0 Å². The molecule has 208 valence electrons. The van der Waals surface area contributed by atoms with Gasteiger partial charge in [0.2, 0.25) is 0 Å². The first-order valence-corrected chi connectivity index (χ1v) is 13.6. The second kappa shape index (κ2) is 19.9. The monoisotopic (exact) mass is 504 g/mol. The van der Waals surface area contributed by atoms with Crippen molar-refractivity contribution in [2.45, 2.75) is 131 Å². The van der Waals surface area contributed by atoms with Crippen molar-refractivity contribution < 1.29 is 38.0 Å². The lowest BCUT2D eigenvalue weighted by atomic mass is 10.0. The van der Waals surface area contributed by atoms with Gasteiger partial charge in [-0.05, 0) is 38.0 Å². The van der Waals surface area contributed by atoms with Crippen molar-refractivity contribution in [2.24, 2.45) is 5.92 Å². The van der Waals surface area contributed by atoms with Gasteiger partial charge in [-0.25, -0.2) is 0 Å². The Morgan fingerprint density at radius 3 is 1.31 bits per heavy atom. The molecule has 0 saturated heterocycles. The number of carbonyl (C=O) groups excluding carboxylic acids is 2. The first-order chi connectivity index (χ1) is 16.6. The maximum Gasteiger partial charge on any atom is 0.326 e. The molecule has 35 heavy (non-hydrogen) atoms. The molecule has 0 aromatic carbocycles. The zero-order valence-electron chi connectivity index (χ0n) is 23.4. The topological polar surface area (TPSA) is 89.5 Å². The molecule has 0 fully saturated rings. The molecule has 8 nitrogen and oxygen atoms in total. The highest BCUT2D eigenvalue weighted by molar-refractivity contribution is 5.71. The molecule has 8 heteroatoms. The lowest BCUT2D eigenvalue weighted by Gasteiger charge is -2.30. The third kappa shape index (κ3) is 17.8. The van der Waals surface area contributed by atoms with E-state index in [0.29, 0.717) is 32.8 Å². The maximum absolute atomic E-state index is 12.6. The second-order valence-corrected chi connectivity index (χ2v) is 9.33. The quantitative estimate of drug-likeness (QED) is 0.0885. The van der Waals surface area contributed by atoms with Crippen molar-refractivity contribution in [3.8, 4) is 0 Å². The van der Waals surface area contributed by atoms with Gasteiger partial charge >= 0.3 is 23.9 Å². The number of carbonyl (C=O) groups is 2. The summed E-state index contributed by atoms with van der Waals surface area (Å²) in [5.41, 5.74) is 0. The zero-order chi connectivity index (χ0) is 26.6. The minimum Gasteiger partial charge on any atom is -0.408 e. The highest BCUT2D eigenvalue weighted by Crippen LogP contribution is 2.22. The van der Waals surface area contributed by atoms with E-state index in [1.807, 2.05) is 6.92 Å². The minimum atomic E-state index is -1.40. The normalized spacial score (nSPS) is 13.0. The van der Waals surface area contributed by atoms with Crippen LogP contribution in [0.1, 0.15) is 119 Å². The summed E-state index contributed by atoms with van der Waals surface area (Å²) in [5.74, 6) is -3.71. The predicted molar refractivity (Wildman–Crippen MR) is 135 cm³/mol. The van der Waals surface area contributed by atoms with E-state index in [1.54, 1.807) is 13.8 Å². The van der Waals surface area contributed by atoms with Crippen LogP contribution in [0.25, 0.3) is 0 Å². The number of rotatable bonds is 23. The summed E-state index contributed by atoms with van der Waals surface area (Å²) in [6.07, 6.45) is 8.06. The highest BCUT2D eigenvalue weighted by Gasteiger charge is 2.33. The molecule has 0 aromatic heterocycles. The maximum atomic E-state index is 12.6. The van der Waals surface area contributed by atoms with Crippen molar-refractivity contribution in [1.82, 2.24) is 0 Å². The van der Waals surface area contributed by atoms with E-state index in [-0.39, 0.29) is 18.8 Å². The lowest BCUT2D eigenvalue weighted by molar-refractivity contribution is -0.354. The number of hydrogen-bond acceptors (Lipinski definition) is 8. The SMILES string of the molecule is CCCCOC(C)(OCCCC)OC(=O)CCC(C)CC(=O)OC(C)(OCCCC)OCCCC. The van der Waals surface area contributed by atoms with Crippen LogP contribution in [0.4, 0.5) is 0 Å². The molecule has 0 aliphatic heterocycles. The Hall–Kier alpha value is -1.22. The van der Waals surface area contributed by atoms with E-state index in [1.165, 1.54) is 0 Å². The van der Waals surface area contributed by atoms with Gasteiger partial charge in [0.25, 0.3) is 0 Å². The van der Waals surface area contributed by atoms with Crippen LogP contribution in [0.3, 0.4) is 0 Å². The Labute approximate surface area is 213 Å². The zero-order valence-corrected chi connectivity index (χ0v) is 23.4. The summed E-state index contributed by atoms with van der Waals surface area (Å²) in [4.78, 5) is 25.1. The van der Waals surface area contributed by atoms with Crippen LogP contribution in [0.2, 0.25) is 0 Å². The van der Waals surface area contributed by atoms with E-state index >= 15 is 0 Å². The summed E-state index contributed by atoms with van der Waals surface area (Å²) in [5, 5.41) is 0. The predicted octanol–water partition coefficient (Wildman–Crippen LogP) is 6.49. The van der Waals surface area contributed by atoms with E-state index in [4.69, 9.17) is 28.4 Å². The average molecular weight is 505 g/mol. The van der Waals surface area contributed by atoms with Gasteiger partial charge in [0.1, 0.15) is 0 Å². The van der Waals surface area contributed by atoms with Gasteiger partial charge in [-0.1, -0.05) is 60.3 Å². The molecular formula is C27H52O8. The molecule has 0 bridgehead atoms. The molecule has 0 N–H and O–H groups in total. The fourth-order valence-corrected chi connectivity index (χ4v) is 3.07. The molecule has 1 atom stereocenters. The molecule has 0 rings (SSSR count). The summed E-state index contributed by atoms with van der Waals surface area (Å²) < 4.78 is 34.0. The molecule has 0 radical (unpaired) electrons. The van der Waals surface area contributed by atoms with Crippen molar-refractivity contribution in [1.29, 1.82) is 0 Å². The number of esters is 2. The molecule has 0 saturated carbocycles. The summed E-state index contributed by atoms with van der Waals surface area (Å²) in [6, 6.07) is 0. The van der Waals surface area contributed by atoms with Gasteiger partial charge in [-0.3, -0.25) is 9.59 Å². The van der Waals surface area contributed by atoms with Crippen LogP contribution >= 0.6 is 0 Å². The van der Waals surface area contributed by atoms with E-state index < -0.39 is 23.9 Å². The van der Waals surface area contributed by atoms with Crippen LogP contribution in [-0.2, 0) is 38.0 Å². The number of hydrogen-bond donors (Lipinski definition) is 0. The number of ether oxygens (including phenoxy) is 6. The van der Waals surface area contributed by atoms with E-state index in [9.17, 15) is 9.59 Å². The summed E-state index contributed by atoms with van der Waals surface area (Å²) >= 11 is 0. The van der Waals surface area contributed by atoms with Gasteiger partial charge in [-0.15, -0.1) is 0 Å². The summed E-state index contributed by atoms with van der Waals surface area (Å²) in [6.45, 7) is 15.2. The first kappa shape index (κ1) is 33.8. The fourth-order valence-electron chi connectivity index (χ4n) is 3.07. The summed E-state index contributed by atoms with van der Waals surface area (Å²) in [7, 11) is 0. The molecule has 0 aromatic rings. The van der Waals surface area contributed by atoms with Crippen LogP contribution in [-0.4, -0.2) is 50.3 Å². The van der Waals surface area contributed by atoms with E-state index in [0.717, 1.165) is 51.4 Å². The minimum absolute atomic E-state index is 0.0844. The van der Waals surface area contributed by atoms with Crippen molar-refractivity contribution >= 4 is 11.9 Å². The van der Waals surface area contributed by atoms with Crippen LogP contribution in [0.15, 0.2) is 0 Å². The first-order valence-electron chi connectivity index (χ1n) is 13.6. The van der Waals surface area contributed by atoms with Gasteiger partial charge in [-0.2, -0.15) is 0 Å². The molecule has 0 amide bonds. The molecular weight excluding hydrogens is 452 g/mol. The smallest absolute Gasteiger partial charge is 0.326 e. The average Bonchev–Trinajstić information content (AvgIpc) is 2.78. The van der Waals surface area contributed by atoms with Gasteiger partial charge in [0.05, 0.1) is 26.4 Å². The van der Waals surface area contributed by atoms with Crippen molar-refractivity contribution in [3.05, 3.63) is 0 Å². The van der Waals surface area contributed by atoms with E-state index in [2.05, 4.69) is 27.7 Å². The highest BCUT2D eigenvalue weighted by atomic mass is 16.9. The Morgan fingerprint density at radius 2 is 0.971 bits per heavy atom. The largest absolute Gasteiger partial charge is 0.408 e. The van der Waals surface area contributed by atoms with Crippen LogP contribution in [0, 0.1) is 5.92 Å². The standard InChI is InChI=1S/C27H52O8/c1-8-12-18-30-26(6,31-19-13-9-2)34-24(28)17-16-23(5)22-25(29)35-27(7,32-20-14-10-3)33-21-15-11-4/h23H,8-22H2,1-7H3. The molecule has 0 aliphatic rings. The molecule has 0 spiro atoms. The Kier molecular flexibility index (Phi) is 19.2. The Morgan fingerprint density at radius 1 is 0.629 bits per heavy atom. The van der Waals surface area contributed by atoms with Crippen molar-refractivity contribution in [2.75, 3.05) is 26.4 Å². The fraction of sp³-hybridized carbons (Fsp3) is 0.926.